The molecule has 4 heteroatoms. The molecule has 1 amide bonds. The SMILES string of the molecule is O=C1CC(c2ccccc2)c2cc3c(cc2N1)OCO3. The van der Waals surface area contributed by atoms with Crippen LogP contribution in [0, 0.1) is 0 Å². The molecule has 2 aromatic rings. The van der Waals surface area contributed by atoms with E-state index in [-0.39, 0.29) is 18.6 Å². The van der Waals surface area contributed by atoms with Crippen molar-refractivity contribution in [1.82, 2.24) is 0 Å². The van der Waals surface area contributed by atoms with Gasteiger partial charge >= 0.3 is 0 Å². The molecule has 0 spiro atoms. The van der Waals surface area contributed by atoms with Crippen LogP contribution in [-0.4, -0.2) is 12.7 Å². The van der Waals surface area contributed by atoms with E-state index < -0.39 is 0 Å². The number of amides is 1. The van der Waals surface area contributed by atoms with Gasteiger partial charge in [-0.05, 0) is 17.2 Å². The molecule has 2 heterocycles. The Balaban J connectivity index is 1.86. The Hall–Kier alpha value is -2.49. The molecule has 0 aliphatic carbocycles. The molecule has 4 nitrogen and oxygen atoms in total. The maximum absolute atomic E-state index is 11.9. The van der Waals surface area contributed by atoms with Crippen molar-refractivity contribution < 1.29 is 14.3 Å². The van der Waals surface area contributed by atoms with Gasteiger partial charge in [-0.1, -0.05) is 30.3 Å². The van der Waals surface area contributed by atoms with Crippen molar-refractivity contribution in [1.29, 1.82) is 0 Å². The summed E-state index contributed by atoms with van der Waals surface area (Å²) in [5.41, 5.74) is 3.04. The van der Waals surface area contributed by atoms with E-state index in [0.29, 0.717) is 12.2 Å². The van der Waals surface area contributed by atoms with Crippen LogP contribution in [0.1, 0.15) is 23.5 Å². The molecule has 0 bridgehead atoms. The Labute approximate surface area is 116 Å². The first-order valence-corrected chi connectivity index (χ1v) is 6.59. The first kappa shape index (κ1) is 11.3. The van der Waals surface area contributed by atoms with Crippen molar-refractivity contribution in [2.75, 3.05) is 12.1 Å². The van der Waals surface area contributed by atoms with E-state index in [2.05, 4.69) is 17.4 Å². The molecule has 0 radical (unpaired) electrons. The van der Waals surface area contributed by atoms with Gasteiger partial charge in [-0.3, -0.25) is 4.79 Å². The summed E-state index contributed by atoms with van der Waals surface area (Å²) in [6.07, 6.45) is 0.455. The minimum Gasteiger partial charge on any atom is -0.454 e. The van der Waals surface area contributed by atoms with Crippen LogP contribution in [0.2, 0.25) is 0 Å². The van der Waals surface area contributed by atoms with Gasteiger partial charge in [0.25, 0.3) is 0 Å². The molecule has 0 aromatic heterocycles. The largest absolute Gasteiger partial charge is 0.454 e. The minimum absolute atomic E-state index is 0.0326. The van der Waals surface area contributed by atoms with Gasteiger partial charge in [-0.2, -0.15) is 0 Å². The summed E-state index contributed by atoms with van der Waals surface area (Å²) >= 11 is 0. The molecule has 0 saturated carbocycles. The fourth-order valence-corrected chi connectivity index (χ4v) is 2.83. The second-order valence-corrected chi connectivity index (χ2v) is 5.01. The maximum atomic E-state index is 11.9. The molecule has 1 atom stereocenters. The van der Waals surface area contributed by atoms with E-state index in [0.717, 1.165) is 22.6 Å². The lowest BCUT2D eigenvalue weighted by Crippen LogP contribution is -2.23. The lowest BCUT2D eigenvalue weighted by molar-refractivity contribution is -0.116. The van der Waals surface area contributed by atoms with Crippen LogP contribution in [0.25, 0.3) is 0 Å². The molecule has 2 aliphatic heterocycles. The lowest BCUT2D eigenvalue weighted by Gasteiger charge is -2.26. The summed E-state index contributed by atoms with van der Waals surface area (Å²) in [7, 11) is 0. The van der Waals surface area contributed by atoms with Gasteiger partial charge in [-0.15, -0.1) is 0 Å². The first-order chi connectivity index (χ1) is 9.81. The third-order valence-electron chi connectivity index (χ3n) is 3.79. The van der Waals surface area contributed by atoms with Gasteiger partial charge in [0.15, 0.2) is 11.5 Å². The van der Waals surface area contributed by atoms with Crippen molar-refractivity contribution >= 4 is 11.6 Å². The van der Waals surface area contributed by atoms with Crippen LogP contribution in [0.5, 0.6) is 11.5 Å². The molecule has 100 valence electrons. The van der Waals surface area contributed by atoms with Crippen LogP contribution < -0.4 is 14.8 Å². The van der Waals surface area contributed by atoms with E-state index in [1.807, 2.05) is 30.3 Å². The monoisotopic (exact) mass is 267 g/mol. The van der Waals surface area contributed by atoms with E-state index in [1.165, 1.54) is 0 Å². The first-order valence-electron chi connectivity index (χ1n) is 6.59. The Morgan fingerprint density at radius 2 is 1.80 bits per heavy atom. The number of carbonyl (C=O) groups is 1. The predicted octanol–water partition coefficient (Wildman–Crippen LogP) is 2.89. The molecular weight excluding hydrogens is 254 g/mol. The number of nitrogens with one attached hydrogen (secondary N) is 1. The molecule has 20 heavy (non-hydrogen) atoms. The summed E-state index contributed by atoms with van der Waals surface area (Å²) in [6.45, 7) is 0.238. The minimum atomic E-state index is 0.0326. The Morgan fingerprint density at radius 3 is 2.60 bits per heavy atom. The third kappa shape index (κ3) is 1.72. The highest BCUT2D eigenvalue weighted by Crippen LogP contribution is 2.44. The Kier molecular flexibility index (Phi) is 2.42. The number of hydrogen-bond acceptors (Lipinski definition) is 3. The van der Waals surface area contributed by atoms with Crippen LogP contribution in [0.3, 0.4) is 0 Å². The predicted molar refractivity (Wildman–Crippen MR) is 74.1 cm³/mol. The summed E-state index contributed by atoms with van der Waals surface area (Å²) in [4.78, 5) is 11.9. The van der Waals surface area contributed by atoms with Crippen LogP contribution >= 0.6 is 0 Å². The zero-order chi connectivity index (χ0) is 13.5. The highest BCUT2D eigenvalue weighted by molar-refractivity contribution is 5.96. The van der Waals surface area contributed by atoms with Gasteiger partial charge in [-0.25, -0.2) is 0 Å². The number of carbonyl (C=O) groups excluding carboxylic acids is 1. The maximum Gasteiger partial charge on any atom is 0.231 e. The van der Waals surface area contributed by atoms with Gasteiger partial charge < -0.3 is 14.8 Å². The second-order valence-electron chi connectivity index (χ2n) is 5.01. The highest BCUT2D eigenvalue weighted by Gasteiger charge is 2.29. The van der Waals surface area contributed by atoms with Crippen molar-refractivity contribution in [3.8, 4) is 11.5 Å². The molecular formula is C16H13NO3. The summed E-state index contributed by atoms with van der Waals surface area (Å²) < 4.78 is 10.8. The normalized spacial score (nSPS) is 19.4. The Morgan fingerprint density at radius 1 is 1.05 bits per heavy atom. The number of hydrogen-bond donors (Lipinski definition) is 1. The zero-order valence-corrected chi connectivity index (χ0v) is 10.8. The second kappa shape index (κ2) is 4.27. The summed E-state index contributed by atoms with van der Waals surface area (Å²) in [5, 5.41) is 2.91. The van der Waals surface area contributed by atoms with E-state index >= 15 is 0 Å². The number of anilines is 1. The molecule has 0 saturated heterocycles. The highest BCUT2D eigenvalue weighted by atomic mass is 16.7. The topological polar surface area (TPSA) is 47.6 Å². The average Bonchev–Trinajstić information content (AvgIpc) is 2.92. The van der Waals surface area contributed by atoms with Crippen LogP contribution in [0.15, 0.2) is 42.5 Å². The molecule has 1 N–H and O–H groups in total. The number of rotatable bonds is 1. The van der Waals surface area contributed by atoms with Gasteiger partial charge in [0, 0.05) is 24.1 Å². The smallest absolute Gasteiger partial charge is 0.231 e. The van der Waals surface area contributed by atoms with E-state index in [9.17, 15) is 4.79 Å². The standard InChI is InChI=1S/C16H13NO3/c18-16-7-11(10-4-2-1-3-5-10)12-6-14-15(20-9-19-14)8-13(12)17-16/h1-6,8,11H,7,9H2,(H,17,18). The molecule has 0 fully saturated rings. The summed E-state index contributed by atoms with van der Waals surface area (Å²) in [5.74, 6) is 1.54. The van der Waals surface area contributed by atoms with Crippen molar-refractivity contribution in [2.24, 2.45) is 0 Å². The molecule has 4 rings (SSSR count). The van der Waals surface area contributed by atoms with Crippen LogP contribution in [-0.2, 0) is 4.79 Å². The van der Waals surface area contributed by atoms with Gasteiger partial charge in [0.1, 0.15) is 0 Å². The number of ether oxygens (including phenoxy) is 2. The number of fused-ring (bicyclic) bond motifs is 2. The van der Waals surface area contributed by atoms with E-state index in [1.54, 1.807) is 0 Å². The Bertz CT molecular complexity index is 682. The zero-order valence-electron chi connectivity index (χ0n) is 10.8. The molecule has 2 aromatic carbocycles. The van der Waals surface area contributed by atoms with Crippen LogP contribution in [0.4, 0.5) is 5.69 Å². The summed E-state index contributed by atoms with van der Waals surface area (Å²) in [6, 6.07) is 13.9. The fourth-order valence-electron chi connectivity index (χ4n) is 2.83. The van der Waals surface area contributed by atoms with Crippen molar-refractivity contribution in [3.05, 3.63) is 53.6 Å². The third-order valence-corrected chi connectivity index (χ3v) is 3.79. The van der Waals surface area contributed by atoms with E-state index in [4.69, 9.17) is 9.47 Å². The van der Waals surface area contributed by atoms with Gasteiger partial charge in [0.2, 0.25) is 12.7 Å². The molecule has 2 aliphatic rings. The number of benzene rings is 2. The van der Waals surface area contributed by atoms with Gasteiger partial charge in [0.05, 0.1) is 0 Å². The quantitative estimate of drug-likeness (QED) is 0.864. The fraction of sp³-hybridized carbons (Fsp3) is 0.188. The van der Waals surface area contributed by atoms with Crippen molar-refractivity contribution in [3.63, 3.8) is 0 Å². The average molecular weight is 267 g/mol. The van der Waals surface area contributed by atoms with Crippen molar-refractivity contribution in [2.45, 2.75) is 12.3 Å². The lowest BCUT2D eigenvalue weighted by atomic mass is 9.84. The molecule has 1 unspecified atom stereocenters.